The number of aliphatic hydroxyl groups excluding tert-OH is 1. The van der Waals surface area contributed by atoms with Gasteiger partial charge < -0.3 is 10.0 Å². The van der Waals surface area contributed by atoms with Crippen molar-refractivity contribution in [1.29, 1.82) is 0 Å². The Morgan fingerprint density at radius 2 is 2.33 bits per heavy atom. The van der Waals surface area contributed by atoms with Crippen LogP contribution < -0.4 is 0 Å². The highest BCUT2D eigenvalue weighted by atomic mass is 19.1. The lowest BCUT2D eigenvalue weighted by Gasteiger charge is -2.32. The van der Waals surface area contributed by atoms with Crippen molar-refractivity contribution in [2.24, 2.45) is 5.92 Å². The minimum absolute atomic E-state index is 0.0642. The third-order valence-corrected chi connectivity index (χ3v) is 3.48. The lowest BCUT2D eigenvalue weighted by molar-refractivity contribution is 0.0620. The number of carbonyl (C=O) groups excluding carboxylic acids is 1. The minimum atomic E-state index is -0.323. The van der Waals surface area contributed by atoms with Crippen molar-refractivity contribution in [3.05, 3.63) is 35.1 Å². The van der Waals surface area contributed by atoms with Crippen molar-refractivity contribution in [3.63, 3.8) is 0 Å². The number of carbonyl (C=O) groups is 1. The molecule has 1 fully saturated rings. The highest BCUT2D eigenvalue weighted by Gasteiger charge is 2.24. The first-order chi connectivity index (χ1) is 8.61. The fourth-order valence-corrected chi connectivity index (χ4v) is 2.44. The molecule has 0 radical (unpaired) electrons. The van der Waals surface area contributed by atoms with Gasteiger partial charge in [-0.25, -0.2) is 4.39 Å². The maximum absolute atomic E-state index is 13.0. The first kappa shape index (κ1) is 13.0. The van der Waals surface area contributed by atoms with E-state index in [1.807, 2.05) is 0 Å². The largest absolute Gasteiger partial charge is 0.396 e. The van der Waals surface area contributed by atoms with Gasteiger partial charge in [0, 0.05) is 25.3 Å². The molecule has 0 spiro atoms. The van der Waals surface area contributed by atoms with Crippen LogP contribution in [0.25, 0.3) is 0 Å². The molecule has 1 atom stereocenters. The summed E-state index contributed by atoms with van der Waals surface area (Å²) in [5, 5.41) is 9.16. The fraction of sp³-hybridized carbons (Fsp3) is 0.500. The van der Waals surface area contributed by atoms with Crippen LogP contribution in [0.4, 0.5) is 4.39 Å². The summed E-state index contributed by atoms with van der Waals surface area (Å²) in [5.41, 5.74) is 1.21. The standard InChI is InChI=1S/C14H18FNO2/c1-10-7-12(15)4-5-13(10)14(18)16-6-2-3-11(8-16)9-17/h4-5,7,11,17H,2-3,6,8-9H2,1H3. The molecule has 1 aliphatic heterocycles. The Morgan fingerprint density at radius 1 is 1.56 bits per heavy atom. The fourth-order valence-electron chi connectivity index (χ4n) is 2.44. The van der Waals surface area contributed by atoms with E-state index in [-0.39, 0.29) is 24.2 Å². The third-order valence-electron chi connectivity index (χ3n) is 3.48. The zero-order valence-electron chi connectivity index (χ0n) is 10.5. The van der Waals surface area contributed by atoms with Gasteiger partial charge in [0.15, 0.2) is 0 Å². The molecule has 18 heavy (non-hydrogen) atoms. The smallest absolute Gasteiger partial charge is 0.254 e. The molecular formula is C14H18FNO2. The maximum atomic E-state index is 13.0. The first-order valence-corrected chi connectivity index (χ1v) is 6.28. The van der Waals surface area contributed by atoms with Gasteiger partial charge >= 0.3 is 0 Å². The van der Waals surface area contributed by atoms with Crippen molar-refractivity contribution < 1.29 is 14.3 Å². The number of likely N-dealkylation sites (tertiary alicyclic amines) is 1. The second-order valence-electron chi connectivity index (χ2n) is 4.90. The molecule has 0 bridgehead atoms. The third kappa shape index (κ3) is 2.70. The number of aryl methyl sites for hydroxylation is 1. The highest BCUT2D eigenvalue weighted by molar-refractivity contribution is 5.95. The molecule has 1 aromatic rings. The highest BCUT2D eigenvalue weighted by Crippen LogP contribution is 2.20. The summed E-state index contributed by atoms with van der Waals surface area (Å²) >= 11 is 0. The van der Waals surface area contributed by atoms with Crippen LogP contribution in [0.1, 0.15) is 28.8 Å². The molecule has 4 heteroatoms. The number of nitrogens with zero attached hydrogens (tertiary/aromatic N) is 1. The molecule has 1 heterocycles. The van der Waals surface area contributed by atoms with Gasteiger partial charge in [0.1, 0.15) is 5.82 Å². The monoisotopic (exact) mass is 251 g/mol. The predicted octanol–water partition coefficient (Wildman–Crippen LogP) is 1.98. The minimum Gasteiger partial charge on any atom is -0.396 e. The molecule has 1 N–H and O–H groups in total. The Bertz CT molecular complexity index is 447. The Balaban J connectivity index is 2.15. The summed E-state index contributed by atoms with van der Waals surface area (Å²) in [7, 11) is 0. The zero-order valence-corrected chi connectivity index (χ0v) is 10.5. The van der Waals surface area contributed by atoms with E-state index >= 15 is 0 Å². The lowest BCUT2D eigenvalue weighted by atomic mass is 9.97. The van der Waals surface area contributed by atoms with Gasteiger partial charge in [-0.3, -0.25) is 4.79 Å². The molecular weight excluding hydrogens is 233 g/mol. The first-order valence-electron chi connectivity index (χ1n) is 6.28. The topological polar surface area (TPSA) is 40.5 Å². The number of rotatable bonds is 2. The SMILES string of the molecule is Cc1cc(F)ccc1C(=O)N1CCCC(CO)C1. The number of aliphatic hydroxyl groups is 1. The van der Waals surface area contributed by atoms with Crippen molar-refractivity contribution in [2.75, 3.05) is 19.7 Å². The van der Waals surface area contributed by atoms with Crippen molar-refractivity contribution in [1.82, 2.24) is 4.90 Å². The van der Waals surface area contributed by atoms with Crippen LogP contribution in [0.5, 0.6) is 0 Å². The van der Waals surface area contributed by atoms with Crippen LogP contribution in [-0.4, -0.2) is 35.6 Å². The van der Waals surface area contributed by atoms with Crippen molar-refractivity contribution >= 4 is 5.91 Å². The Kier molecular flexibility index (Phi) is 3.97. The number of halogens is 1. The van der Waals surface area contributed by atoms with E-state index in [2.05, 4.69) is 0 Å². The van der Waals surface area contributed by atoms with Crippen LogP contribution >= 0.6 is 0 Å². The van der Waals surface area contributed by atoms with E-state index in [4.69, 9.17) is 5.11 Å². The van der Waals surface area contributed by atoms with E-state index in [1.165, 1.54) is 18.2 Å². The predicted molar refractivity (Wildman–Crippen MR) is 66.9 cm³/mol. The molecule has 98 valence electrons. The molecule has 1 aromatic carbocycles. The Hall–Kier alpha value is -1.42. The van der Waals surface area contributed by atoms with Gasteiger partial charge in [0.25, 0.3) is 5.91 Å². The molecule has 0 aromatic heterocycles. The maximum Gasteiger partial charge on any atom is 0.254 e. The second-order valence-corrected chi connectivity index (χ2v) is 4.90. The number of hydrogen-bond donors (Lipinski definition) is 1. The van der Waals surface area contributed by atoms with Gasteiger partial charge in [-0.15, -0.1) is 0 Å². The van der Waals surface area contributed by atoms with E-state index in [0.717, 1.165) is 12.8 Å². The van der Waals surface area contributed by atoms with Gasteiger partial charge in [0.2, 0.25) is 0 Å². The van der Waals surface area contributed by atoms with Crippen LogP contribution in [-0.2, 0) is 0 Å². The molecule has 2 rings (SSSR count). The summed E-state index contributed by atoms with van der Waals surface area (Å²) in [6.07, 6.45) is 1.87. The van der Waals surface area contributed by atoms with E-state index in [9.17, 15) is 9.18 Å². The average molecular weight is 251 g/mol. The van der Waals surface area contributed by atoms with Gasteiger partial charge in [-0.2, -0.15) is 0 Å². The number of piperidine rings is 1. The summed E-state index contributed by atoms with van der Waals surface area (Å²) < 4.78 is 13.0. The Morgan fingerprint density at radius 3 is 3.00 bits per heavy atom. The quantitative estimate of drug-likeness (QED) is 0.873. The summed E-state index contributed by atoms with van der Waals surface area (Å²) in [4.78, 5) is 14.1. The van der Waals surface area contributed by atoms with E-state index in [0.29, 0.717) is 24.2 Å². The summed E-state index contributed by atoms with van der Waals surface area (Å²) in [6, 6.07) is 4.23. The van der Waals surface area contributed by atoms with Crippen LogP contribution in [0, 0.1) is 18.7 Å². The van der Waals surface area contributed by atoms with Crippen molar-refractivity contribution in [2.45, 2.75) is 19.8 Å². The molecule has 0 aliphatic carbocycles. The van der Waals surface area contributed by atoms with Gasteiger partial charge in [-0.05, 0) is 49.4 Å². The Labute approximate surface area is 106 Å². The van der Waals surface area contributed by atoms with Crippen LogP contribution in [0.3, 0.4) is 0 Å². The van der Waals surface area contributed by atoms with Gasteiger partial charge in [0.05, 0.1) is 0 Å². The molecule has 1 aliphatic rings. The number of benzene rings is 1. The summed E-state index contributed by atoms with van der Waals surface area (Å²) in [5.74, 6) is -0.218. The van der Waals surface area contributed by atoms with E-state index < -0.39 is 0 Å². The molecule has 0 saturated carbocycles. The van der Waals surface area contributed by atoms with Gasteiger partial charge in [-0.1, -0.05) is 0 Å². The molecule has 1 unspecified atom stereocenters. The second kappa shape index (κ2) is 5.48. The van der Waals surface area contributed by atoms with E-state index in [1.54, 1.807) is 11.8 Å². The lowest BCUT2D eigenvalue weighted by Crippen LogP contribution is -2.41. The van der Waals surface area contributed by atoms with Crippen LogP contribution in [0.2, 0.25) is 0 Å². The normalized spacial score (nSPS) is 19.9. The summed E-state index contributed by atoms with van der Waals surface area (Å²) in [6.45, 7) is 3.16. The zero-order chi connectivity index (χ0) is 13.1. The number of amides is 1. The van der Waals surface area contributed by atoms with Crippen molar-refractivity contribution in [3.8, 4) is 0 Å². The number of hydrogen-bond acceptors (Lipinski definition) is 2. The average Bonchev–Trinajstić information content (AvgIpc) is 2.38. The molecule has 1 saturated heterocycles. The van der Waals surface area contributed by atoms with Crippen LogP contribution in [0.15, 0.2) is 18.2 Å². The molecule has 3 nitrogen and oxygen atoms in total. The molecule has 1 amide bonds.